The third-order valence-electron chi connectivity index (χ3n) is 4.87. The summed E-state index contributed by atoms with van der Waals surface area (Å²) in [7, 11) is 0. The minimum atomic E-state index is -0.546. The average Bonchev–Trinajstić information content (AvgIpc) is 3.14. The molecule has 3 heterocycles. The lowest BCUT2D eigenvalue weighted by molar-refractivity contribution is -0.136. The van der Waals surface area contributed by atoms with Crippen molar-refractivity contribution < 1.29 is 14.6 Å². The van der Waals surface area contributed by atoms with E-state index in [0.29, 0.717) is 28.0 Å². The number of nitriles is 1. The summed E-state index contributed by atoms with van der Waals surface area (Å²) >= 11 is 0. The Morgan fingerprint density at radius 1 is 1.35 bits per heavy atom. The van der Waals surface area contributed by atoms with Crippen LogP contribution in [0.1, 0.15) is 43.4 Å². The van der Waals surface area contributed by atoms with E-state index in [2.05, 4.69) is 11.4 Å². The maximum atomic E-state index is 12.4. The van der Waals surface area contributed by atoms with Crippen LogP contribution in [-0.2, 0) is 15.1 Å². The van der Waals surface area contributed by atoms with Crippen LogP contribution in [0.5, 0.6) is 5.75 Å². The molecule has 6 heteroatoms. The van der Waals surface area contributed by atoms with Crippen LogP contribution in [0.3, 0.4) is 0 Å². The van der Waals surface area contributed by atoms with E-state index < -0.39 is 11.9 Å². The van der Waals surface area contributed by atoms with Crippen molar-refractivity contribution in [1.82, 2.24) is 4.57 Å². The molecule has 0 amide bonds. The summed E-state index contributed by atoms with van der Waals surface area (Å²) in [6.45, 7) is 6.30. The lowest BCUT2D eigenvalue weighted by atomic mass is 9.81. The predicted molar refractivity (Wildman–Crippen MR) is 95.7 cm³/mol. The molecule has 2 N–H and O–H groups in total. The molecule has 0 unspecified atom stereocenters. The van der Waals surface area contributed by atoms with Crippen LogP contribution in [0.2, 0.25) is 0 Å². The second-order valence-corrected chi connectivity index (χ2v) is 7.54. The third-order valence-corrected chi connectivity index (χ3v) is 4.87. The topological polar surface area (TPSA) is 87.3 Å². The summed E-state index contributed by atoms with van der Waals surface area (Å²) in [6.07, 6.45) is 1.80. The predicted octanol–water partition coefficient (Wildman–Crippen LogP) is 3.19. The van der Waals surface area contributed by atoms with Gasteiger partial charge in [-0.3, -0.25) is 0 Å². The van der Waals surface area contributed by atoms with Gasteiger partial charge in [-0.1, -0.05) is 18.2 Å². The Kier molecular flexibility index (Phi) is 3.38. The summed E-state index contributed by atoms with van der Waals surface area (Å²) in [5.41, 5.74) is 2.64. The quantitative estimate of drug-likeness (QED) is 0.772. The molecule has 2 aromatic rings. The highest BCUT2D eigenvalue weighted by molar-refractivity contribution is 5.97. The first-order valence-electron chi connectivity index (χ1n) is 8.44. The molecule has 0 aliphatic carbocycles. The van der Waals surface area contributed by atoms with Crippen LogP contribution in [0.25, 0.3) is 0 Å². The molecule has 132 valence electrons. The number of fused-ring (bicyclic) bond motifs is 1. The molecular formula is C20H19N3O3. The van der Waals surface area contributed by atoms with Gasteiger partial charge >= 0.3 is 5.97 Å². The zero-order valence-corrected chi connectivity index (χ0v) is 14.8. The van der Waals surface area contributed by atoms with Crippen molar-refractivity contribution in [2.75, 3.05) is 11.9 Å². The van der Waals surface area contributed by atoms with Crippen molar-refractivity contribution in [1.29, 1.82) is 5.26 Å². The largest absolute Gasteiger partial charge is 0.508 e. The molecule has 0 radical (unpaired) electrons. The molecule has 4 rings (SSSR count). The minimum Gasteiger partial charge on any atom is -0.508 e. The highest BCUT2D eigenvalue weighted by atomic mass is 16.5. The first kappa shape index (κ1) is 16.3. The maximum Gasteiger partial charge on any atom is 0.337 e. The van der Waals surface area contributed by atoms with E-state index in [1.54, 1.807) is 24.4 Å². The van der Waals surface area contributed by atoms with E-state index in [1.807, 2.05) is 31.4 Å². The lowest BCUT2D eigenvalue weighted by Crippen LogP contribution is -2.26. The molecule has 1 aromatic heterocycles. The van der Waals surface area contributed by atoms with Gasteiger partial charge in [-0.05, 0) is 26.8 Å². The third kappa shape index (κ3) is 2.21. The van der Waals surface area contributed by atoms with Gasteiger partial charge in [0.25, 0.3) is 0 Å². The number of cyclic esters (lactones) is 1. The Bertz CT molecular complexity index is 1000. The molecule has 0 spiro atoms. The molecule has 6 nitrogen and oxygen atoms in total. The number of aromatic nitrogens is 1. The molecule has 2 aliphatic rings. The number of anilines is 1. The van der Waals surface area contributed by atoms with Crippen LogP contribution in [0.15, 0.2) is 41.7 Å². The van der Waals surface area contributed by atoms with E-state index in [4.69, 9.17) is 4.74 Å². The molecule has 1 aromatic carbocycles. The number of para-hydroxylation sites is 1. The maximum absolute atomic E-state index is 12.4. The summed E-state index contributed by atoms with van der Waals surface area (Å²) in [6, 6.07) is 9.15. The van der Waals surface area contributed by atoms with Crippen molar-refractivity contribution >= 4 is 11.8 Å². The van der Waals surface area contributed by atoms with E-state index in [0.717, 1.165) is 5.82 Å². The van der Waals surface area contributed by atoms with Gasteiger partial charge < -0.3 is 19.7 Å². The Morgan fingerprint density at radius 3 is 2.73 bits per heavy atom. The number of nitrogens with one attached hydrogen (secondary N) is 1. The molecule has 26 heavy (non-hydrogen) atoms. The number of nitrogens with zero attached hydrogens (tertiary/aromatic N) is 2. The van der Waals surface area contributed by atoms with Crippen molar-refractivity contribution in [3.63, 3.8) is 0 Å². The smallest absolute Gasteiger partial charge is 0.337 e. The number of rotatable bonds is 1. The number of phenols is 1. The summed E-state index contributed by atoms with van der Waals surface area (Å²) in [4.78, 5) is 12.4. The van der Waals surface area contributed by atoms with Gasteiger partial charge in [0.1, 0.15) is 24.2 Å². The number of phenolic OH excluding ortho intramolecular Hbond substituents is 1. The van der Waals surface area contributed by atoms with Crippen molar-refractivity contribution in [3.05, 3.63) is 58.4 Å². The first-order valence-corrected chi connectivity index (χ1v) is 8.44. The normalized spacial score (nSPS) is 18.7. The van der Waals surface area contributed by atoms with Crippen LogP contribution in [-0.4, -0.2) is 22.2 Å². The summed E-state index contributed by atoms with van der Waals surface area (Å²) in [5, 5.41) is 23.5. The van der Waals surface area contributed by atoms with E-state index in [-0.39, 0.29) is 17.9 Å². The van der Waals surface area contributed by atoms with Crippen LogP contribution >= 0.6 is 0 Å². The SMILES string of the molecule is CC(C)(C)n1cc(C#N)c2c1NC1=C(C(=O)OC1)[C@@H]2c1ccccc1O. The van der Waals surface area contributed by atoms with Crippen molar-refractivity contribution in [3.8, 4) is 11.8 Å². The first-order chi connectivity index (χ1) is 12.3. The highest BCUT2D eigenvalue weighted by Crippen LogP contribution is 2.49. The molecule has 2 aliphatic heterocycles. The molecule has 0 fully saturated rings. The van der Waals surface area contributed by atoms with Gasteiger partial charge in [0.05, 0.1) is 22.8 Å². The standard InChI is InChI=1S/C20H19N3O3/c1-20(2,3)23-9-11(8-21)15-16(12-6-4-5-7-14(12)24)17-13(22-18(15)23)10-26-19(17)25/h4-7,9,16,22,24H,10H2,1-3H3/t16-/m1/s1. The number of benzene rings is 1. The van der Waals surface area contributed by atoms with Gasteiger partial charge in [-0.15, -0.1) is 0 Å². The van der Waals surface area contributed by atoms with Crippen LogP contribution in [0.4, 0.5) is 5.82 Å². The second kappa shape index (κ2) is 5.40. The lowest BCUT2D eigenvalue weighted by Gasteiger charge is -2.30. The average molecular weight is 349 g/mol. The van der Waals surface area contributed by atoms with Gasteiger partial charge in [0.15, 0.2) is 0 Å². The minimum absolute atomic E-state index is 0.0873. The zero-order valence-electron chi connectivity index (χ0n) is 14.8. The fourth-order valence-corrected chi connectivity index (χ4v) is 3.70. The number of carbonyl (C=O) groups is 1. The van der Waals surface area contributed by atoms with E-state index >= 15 is 0 Å². The number of aromatic hydroxyl groups is 1. The Labute approximate surface area is 151 Å². The van der Waals surface area contributed by atoms with Gasteiger partial charge in [-0.25, -0.2) is 4.79 Å². The van der Waals surface area contributed by atoms with Gasteiger partial charge in [-0.2, -0.15) is 5.26 Å². The van der Waals surface area contributed by atoms with Gasteiger partial charge in [0, 0.05) is 22.9 Å². The molecule has 1 atom stereocenters. The monoisotopic (exact) mass is 349 g/mol. The fourth-order valence-electron chi connectivity index (χ4n) is 3.70. The Balaban J connectivity index is 2.05. The van der Waals surface area contributed by atoms with Crippen molar-refractivity contribution in [2.24, 2.45) is 0 Å². The number of ether oxygens (including phenoxy) is 1. The molecule has 0 bridgehead atoms. The van der Waals surface area contributed by atoms with Crippen LogP contribution < -0.4 is 5.32 Å². The number of carbonyl (C=O) groups excluding carboxylic acids is 1. The molecule has 0 saturated carbocycles. The summed E-state index contributed by atoms with van der Waals surface area (Å²) in [5.74, 6) is -0.113. The zero-order chi connectivity index (χ0) is 18.6. The molecule has 0 saturated heterocycles. The van der Waals surface area contributed by atoms with E-state index in [9.17, 15) is 15.2 Å². The number of esters is 1. The molecular weight excluding hydrogens is 330 g/mol. The second-order valence-electron chi connectivity index (χ2n) is 7.54. The summed E-state index contributed by atoms with van der Waals surface area (Å²) < 4.78 is 7.24. The fraction of sp³-hybridized carbons (Fsp3) is 0.300. The van der Waals surface area contributed by atoms with Crippen LogP contribution in [0, 0.1) is 11.3 Å². The van der Waals surface area contributed by atoms with E-state index in [1.165, 1.54) is 0 Å². The Morgan fingerprint density at radius 2 is 2.08 bits per heavy atom. The Hall–Kier alpha value is -3.20. The number of hydrogen-bond donors (Lipinski definition) is 2. The number of hydrogen-bond acceptors (Lipinski definition) is 5. The van der Waals surface area contributed by atoms with Crippen molar-refractivity contribution in [2.45, 2.75) is 32.2 Å². The highest BCUT2D eigenvalue weighted by Gasteiger charge is 2.43. The van der Waals surface area contributed by atoms with Gasteiger partial charge in [0.2, 0.25) is 0 Å².